The van der Waals surface area contributed by atoms with E-state index in [4.69, 9.17) is 0 Å². The van der Waals surface area contributed by atoms with Crippen LogP contribution in [0.15, 0.2) is 43.0 Å². The molecule has 0 fully saturated rings. The molecule has 0 unspecified atom stereocenters. The van der Waals surface area contributed by atoms with Crippen molar-refractivity contribution in [2.24, 2.45) is 0 Å². The predicted octanol–water partition coefficient (Wildman–Crippen LogP) is 3.24. The van der Waals surface area contributed by atoms with Crippen LogP contribution in [0.4, 0.5) is 21.5 Å². The minimum absolute atomic E-state index is 0.0826. The third kappa shape index (κ3) is 3.89. The topological polar surface area (TPSA) is 136 Å². The van der Waals surface area contributed by atoms with Crippen molar-refractivity contribution >= 4 is 17.1 Å². The fourth-order valence-electron chi connectivity index (χ4n) is 2.98. The Morgan fingerprint density at radius 3 is 2.55 bits per heavy atom. The maximum atomic E-state index is 14.4. The average molecular weight is 401 g/mol. The zero-order valence-corrected chi connectivity index (χ0v) is 15.2. The minimum atomic E-state index is -0.767. The number of rotatable bonds is 7. The Bertz CT molecular complexity index is 1080. The van der Waals surface area contributed by atoms with Crippen molar-refractivity contribution in [3.05, 3.63) is 85.7 Å². The van der Waals surface area contributed by atoms with Crippen molar-refractivity contribution < 1.29 is 19.3 Å². The molecule has 3 aromatic rings. The number of nitrogens with zero attached hydrogens (tertiary/aromatic N) is 4. The maximum absolute atomic E-state index is 14.4. The molecule has 0 bridgehead atoms. The quantitative estimate of drug-likeness (QED) is 0.458. The van der Waals surface area contributed by atoms with Crippen molar-refractivity contribution in [2.75, 3.05) is 5.32 Å². The molecular weight excluding hydrogens is 385 g/mol. The Hall–Kier alpha value is -3.86. The summed E-state index contributed by atoms with van der Waals surface area (Å²) in [5, 5.41) is 35.0. The zero-order chi connectivity index (χ0) is 21.1. The van der Waals surface area contributed by atoms with Crippen LogP contribution in [0.2, 0.25) is 0 Å². The summed E-state index contributed by atoms with van der Waals surface area (Å²) in [6.07, 6.45) is 4.52. The van der Waals surface area contributed by atoms with Gasteiger partial charge in [0.25, 0.3) is 5.69 Å². The molecule has 2 aromatic carbocycles. The molecule has 0 atom stereocenters. The fourth-order valence-corrected chi connectivity index (χ4v) is 2.98. The van der Waals surface area contributed by atoms with Crippen LogP contribution in [0.25, 0.3) is 5.69 Å². The summed E-state index contributed by atoms with van der Waals surface area (Å²) in [6.45, 7) is 0.744. The molecule has 0 aliphatic rings. The Labute approximate surface area is 163 Å². The van der Waals surface area contributed by atoms with Crippen LogP contribution in [0, 0.1) is 33.0 Å². The van der Waals surface area contributed by atoms with E-state index in [0.29, 0.717) is 5.56 Å². The Morgan fingerprint density at radius 2 is 2.00 bits per heavy atom. The van der Waals surface area contributed by atoms with Crippen molar-refractivity contribution in [3.63, 3.8) is 0 Å². The van der Waals surface area contributed by atoms with Gasteiger partial charge in [0.05, 0.1) is 28.5 Å². The molecule has 150 valence electrons. The highest BCUT2D eigenvalue weighted by Crippen LogP contribution is 2.39. The van der Waals surface area contributed by atoms with Gasteiger partial charge in [-0.05, 0) is 30.2 Å². The molecular formula is C18H16FN5O5. The van der Waals surface area contributed by atoms with Gasteiger partial charge < -0.3 is 15.0 Å². The highest BCUT2D eigenvalue weighted by molar-refractivity contribution is 5.77. The Kier molecular flexibility index (Phi) is 5.50. The average Bonchev–Trinajstić information content (AvgIpc) is 3.20. The number of anilines is 1. The molecule has 0 radical (unpaired) electrons. The lowest BCUT2D eigenvalue weighted by Gasteiger charge is -2.12. The number of aromatic nitrogens is 2. The molecule has 0 aliphatic heterocycles. The molecule has 1 heterocycles. The maximum Gasteiger partial charge on any atom is 0.302 e. The number of aliphatic hydroxyl groups excluding tert-OH is 1. The summed E-state index contributed by atoms with van der Waals surface area (Å²) in [5.41, 5.74) is -0.434. The van der Waals surface area contributed by atoms with Crippen molar-refractivity contribution in [1.29, 1.82) is 0 Å². The molecule has 10 nitrogen and oxygen atoms in total. The third-order valence-electron chi connectivity index (χ3n) is 4.45. The number of imidazole rings is 1. The molecule has 0 spiro atoms. The van der Waals surface area contributed by atoms with Gasteiger partial charge in [-0.2, -0.15) is 0 Å². The fraction of sp³-hybridized carbons (Fsp3) is 0.167. The molecule has 29 heavy (non-hydrogen) atoms. The van der Waals surface area contributed by atoms with Gasteiger partial charge in [0.2, 0.25) is 0 Å². The first kappa shape index (κ1) is 19.9. The van der Waals surface area contributed by atoms with E-state index in [1.54, 1.807) is 12.3 Å². The van der Waals surface area contributed by atoms with E-state index < -0.39 is 33.6 Å². The number of nitro benzene ring substituents is 2. The highest BCUT2D eigenvalue weighted by atomic mass is 19.1. The van der Waals surface area contributed by atoms with Crippen molar-refractivity contribution in [1.82, 2.24) is 9.55 Å². The van der Waals surface area contributed by atoms with E-state index >= 15 is 0 Å². The molecule has 0 saturated heterocycles. The molecule has 1 aromatic heterocycles. The molecule has 0 saturated carbocycles. The summed E-state index contributed by atoms with van der Waals surface area (Å²) in [7, 11) is 0. The van der Waals surface area contributed by atoms with E-state index in [1.807, 2.05) is 0 Å². The SMILES string of the molecule is Cc1c(CO)cc([N+](=O)[O-])c(NCc2ccc(-n3ccnc3)c(F)c2)c1[N+](=O)[O-]. The van der Waals surface area contributed by atoms with Gasteiger partial charge >= 0.3 is 5.69 Å². The van der Waals surface area contributed by atoms with Crippen LogP contribution in [-0.4, -0.2) is 24.5 Å². The van der Waals surface area contributed by atoms with Gasteiger partial charge in [0.1, 0.15) is 5.82 Å². The van der Waals surface area contributed by atoms with E-state index in [1.165, 1.54) is 36.1 Å². The minimum Gasteiger partial charge on any atom is -0.392 e. The molecule has 0 amide bonds. The van der Waals surface area contributed by atoms with Crippen LogP contribution in [0.5, 0.6) is 0 Å². The monoisotopic (exact) mass is 401 g/mol. The normalized spacial score (nSPS) is 10.7. The lowest BCUT2D eigenvalue weighted by molar-refractivity contribution is -0.392. The lowest BCUT2D eigenvalue weighted by atomic mass is 10.0. The van der Waals surface area contributed by atoms with Gasteiger partial charge in [0.15, 0.2) is 5.69 Å². The number of benzene rings is 2. The first-order valence-corrected chi connectivity index (χ1v) is 8.40. The number of halogens is 1. The van der Waals surface area contributed by atoms with Gasteiger partial charge in [-0.1, -0.05) is 6.07 Å². The summed E-state index contributed by atoms with van der Waals surface area (Å²) < 4.78 is 15.9. The lowest BCUT2D eigenvalue weighted by Crippen LogP contribution is -2.09. The zero-order valence-electron chi connectivity index (χ0n) is 15.2. The first-order chi connectivity index (χ1) is 13.8. The number of aliphatic hydroxyl groups is 1. The van der Waals surface area contributed by atoms with Crippen LogP contribution in [-0.2, 0) is 13.2 Å². The Morgan fingerprint density at radius 1 is 1.24 bits per heavy atom. The number of hydrogen-bond donors (Lipinski definition) is 2. The second kappa shape index (κ2) is 8.02. The van der Waals surface area contributed by atoms with Gasteiger partial charge in [-0.3, -0.25) is 20.2 Å². The standard InChI is InChI=1S/C18H16FN5O5/c1-11-13(9-25)7-16(23(26)27)17(18(11)24(28)29)21-8-12-2-3-15(14(19)6-12)22-5-4-20-10-22/h2-7,10,21,25H,8-9H2,1H3. The van der Waals surface area contributed by atoms with Crippen LogP contribution >= 0.6 is 0 Å². The molecule has 3 rings (SSSR count). The van der Waals surface area contributed by atoms with E-state index in [2.05, 4.69) is 10.3 Å². The van der Waals surface area contributed by atoms with Crippen LogP contribution < -0.4 is 5.32 Å². The Balaban J connectivity index is 1.96. The number of nitro groups is 2. The molecule has 11 heteroatoms. The summed E-state index contributed by atoms with van der Waals surface area (Å²) in [4.78, 5) is 25.3. The van der Waals surface area contributed by atoms with Gasteiger partial charge in [-0.25, -0.2) is 9.37 Å². The van der Waals surface area contributed by atoms with Gasteiger partial charge in [-0.15, -0.1) is 0 Å². The first-order valence-electron chi connectivity index (χ1n) is 8.40. The van der Waals surface area contributed by atoms with E-state index in [0.717, 1.165) is 6.07 Å². The number of nitrogens with one attached hydrogen (secondary N) is 1. The second-order valence-electron chi connectivity index (χ2n) is 6.19. The van der Waals surface area contributed by atoms with Crippen LogP contribution in [0.3, 0.4) is 0 Å². The summed E-state index contributed by atoms with van der Waals surface area (Å²) in [5.74, 6) is -0.543. The van der Waals surface area contributed by atoms with E-state index in [9.17, 15) is 29.7 Å². The predicted molar refractivity (Wildman–Crippen MR) is 101 cm³/mol. The van der Waals surface area contributed by atoms with E-state index in [-0.39, 0.29) is 29.0 Å². The largest absolute Gasteiger partial charge is 0.392 e. The number of hydrogen-bond acceptors (Lipinski definition) is 7. The third-order valence-corrected chi connectivity index (χ3v) is 4.45. The molecule has 2 N–H and O–H groups in total. The van der Waals surface area contributed by atoms with Gasteiger partial charge in [0, 0.05) is 30.6 Å². The highest BCUT2D eigenvalue weighted by Gasteiger charge is 2.30. The van der Waals surface area contributed by atoms with Crippen molar-refractivity contribution in [2.45, 2.75) is 20.1 Å². The second-order valence-corrected chi connectivity index (χ2v) is 6.19. The smallest absolute Gasteiger partial charge is 0.302 e. The van der Waals surface area contributed by atoms with Crippen molar-refractivity contribution in [3.8, 4) is 5.69 Å². The van der Waals surface area contributed by atoms with Crippen LogP contribution in [0.1, 0.15) is 16.7 Å². The summed E-state index contributed by atoms with van der Waals surface area (Å²) in [6, 6.07) is 5.43. The molecule has 0 aliphatic carbocycles. The summed E-state index contributed by atoms with van der Waals surface area (Å²) >= 11 is 0.